The number of ether oxygens (including phenoxy) is 1. The van der Waals surface area contributed by atoms with E-state index in [1.807, 2.05) is 6.92 Å². The van der Waals surface area contributed by atoms with E-state index < -0.39 is 11.7 Å². The summed E-state index contributed by atoms with van der Waals surface area (Å²) in [6, 6.07) is 5.28. The van der Waals surface area contributed by atoms with Crippen molar-refractivity contribution < 1.29 is 14.1 Å². The smallest absolute Gasteiger partial charge is 0.412 e. The maximum Gasteiger partial charge on any atom is 0.412 e. The molecule has 0 saturated heterocycles. The normalized spacial score (nSPS) is 11.2. The van der Waals surface area contributed by atoms with E-state index in [1.165, 1.54) is 0 Å². The standard InChI is InChI=1S/C24H26N8O3/c1-14-16(12-28-22-27-9-8-18(30-22)20-13-25-10-11-26-20)21(35-32-14)19-7-6-17(15(2)29-19)31-23(33)34-24(3,4)5/h6-11,13H,12H2,1-5H3,(H,31,33)(H,27,28,30). The van der Waals surface area contributed by atoms with Crippen LogP contribution in [0.25, 0.3) is 22.8 Å². The van der Waals surface area contributed by atoms with Gasteiger partial charge in [0.15, 0.2) is 5.76 Å². The minimum Gasteiger partial charge on any atom is -0.444 e. The molecule has 11 nitrogen and oxygen atoms in total. The van der Waals surface area contributed by atoms with Gasteiger partial charge in [-0.2, -0.15) is 0 Å². The molecule has 11 heteroatoms. The second kappa shape index (κ2) is 9.84. The average molecular weight is 475 g/mol. The number of amides is 1. The molecule has 4 rings (SSSR count). The Morgan fingerprint density at radius 2 is 1.80 bits per heavy atom. The van der Waals surface area contributed by atoms with E-state index in [0.717, 1.165) is 5.56 Å². The molecule has 2 N–H and O–H groups in total. The molecule has 4 heterocycles. The molecule has 0 bridgehead atoms. The molecule has 0 aliphatic carbocycles. The molecule has 0 saturated carbocycles. The van der Waals surface area contributed by atoms with Gasteiger partial charge in [-0.3, -0.25) is 15.3 Å². The molecular weight excluding hydrogens is 448 g/mol. The maximum atomic E-state index is 12.1. The summed E-state index contributed by atoms with van der Waals surface area (Å²) in [6.45, 7) is 9.43. The first kappa shape index (κ1) is 23.7. The van der Waals surface area contributed by atoms with Crippen molar-refractivity contribution in [3.63, 3.8) is 0 Å². The molecule has 0 radical (unpaired) electrons. The summed E-state index contributed by atoms with van der Waals surface area (Å²) in [6.07, 6.45) is 5.97. The van der Waals surface area contributed by atoms with Gasteiger partial charge in [0.05, 0.1) is 29.0 Å². The lowest BCUT2D eigenvalue weighted by Crippen LogP contribution is -2.27. The number of nitrogens with zero attached hydrogens (tertiary/aromatic N) is 6. The van der Waals surface area contributed by atoms with Crippen molar-refractivity contribution in [1.29, 1.82) is 0 Å². The topological polar surface area (TPSA) is 141 Å². The average Bonchev–Trinajstić information content (AvgIpc) is 3.19. The quantitative estimate of drug-likeness (QED) is 0.408. The van der Waals surface area contributed by atoms with Crippen LogP contribution >= 0.6 is 0 Å². The van der Waals surface area contributed by atoms with Crippen molar-refractivity contribution in [2.75, 3.05) is 10.6 Å². The molecular formula is C24H26N8O3. The number of nitrogens with one attached hydrogen (secondary N) is 2. The summed E-state index contributed by atoms with van der Waals surface area (Å²) in [4.78, 5) is 33.9. The third-order valence-corrected chi connectivity index (χ3v) is 4.84. The molecule has 0 unspecified atom stereocenters. The number of pyridine rings is 1. The molecule has 0 spiro atoms. The highest BCUT2D eigenvalue weighted by Gasteiger charge is 2.20. The summed E-state index contributed by atoms with van der Waals surface area (Å²) >= 11 is 0. The van der Waals surface area contributed by atoms with Gasteiger partial charge in [0, 0.05) is 30.7 Å². The van der Waals surface area contributed by atoms with E-state index in [9.17, 15) is 4.79 Å². The lowest BCUT2D eigenvalue weighted by molar-refractivity contribution is 0.0635. The Kier molecular flexibility index (Phi) is 6.67. The highest BCUT2D eigenvalue weighted by atomic mass is 16.6. The number of carbonyl (C=O) groups excluding carboxylic acids is 1. The van der Waals surface area contributed by atoms with Crippen molar-refractivity contribution in [2.24, 2.45) is 0 Å². The van der Waals surface area contributed by atoms with Crippen LogP contribution in [0.1, 0.15) is 37.7 Å². The number of anilines is 2. The zero-order chi connectivity index (χ0) is 25.0. The fourth-order valence-electron chi connectivity index (χ4n) is 3.22. The summed E-state index contributed by atoms with van der Waals surface area (Å²) < 4.78 is 10.9. The molecule has 0 fully saturated rings. The van der Waals surface area contributed by atoms with Gasteiger partial charge in [0.25, 0.3) is 0 Å². The minimum atomic E-state index is -0.595. The number of hydrogen-bond acceptors (Lipinski definition) is 10. The first-order chi connectivity index (χ1) is 16.7. The summed E-state index contributed by atoms with van der Waals surface area (Å²) in [7, 11) is 0. The predicted molar refractivity (Wildman–Crippen MR) is 129 cm³/mol. The summed E-state index contributed by atoms with van der Waals surface area (Å²) in [5.41, 5.74) is 4.00. The van der Waals surface area contributed by atoms with E-state index in [2.05, 4.69) is 40.7 Å². The van der Waals surface area contributed by atoms with E-state index in [0.29, 0.717) is 52.4 Å². The molecule has 0 aliphatic rings. The minimum absolute atomic E-state index is 0.368. The van der Waals surface area contributed by atoms with Gasteiger partial charge < -0.3 is 14.6 Å². The Morgan fingerprint density at radius 3 is 2.51 bits per heavy atom. The summed E-state index contributed by atoms with van der Waals surface area (Å²) in [5, 5.41) is 10.0. The first-order valence-corrected chi connectivity index (χ1v) is 11.0. The lowest BCUT2D eigenvalue weighted by atomic mass is 10.1. The van der Waals surface area contributed by atoms with Gasteiger partial charge in [-0.15, -0.1) is 0 Å². The van der Waals surface area contributed by atoms with Gasteiger partial charge in [-0.25, -0.2) is 19.7 Å². The summed E-state index contributed by atoms with van der Waals surface area (Å²) in [5.74, 6) is 0.952. The van der Waals surface area contributed by atoms with Gasteiger partial charge in [-0.1, -0.05) is 5.16 Å². The first-order valence-electron chi connectivity index (χ1n) is 11.0. The number of rotatable bonds is 6. The van der Waals surface area contributed by atoms with Crippen LogP contribution < -0.4 is 10.6 Å². The predicted octanol–water partition coefficient (Wildman–Crippen LogP) is 4.56. The Labute approximate surface area is 202 Å². The van der Waals surface area contributed by atoms with Crippen molar-refractivity contribution in [3.05, 3.63) is 59.9 Å². The van der Waals surface area contributed by atoms with Crippen molar-refractivity contribution in [2.45, 2.75) is 46.8 Å². The fraction of sp³-hybridized carbons (Fsp3) is 0.292. The number of aromatic nitrogens is 6. The van der Waals surface area contributed by atoms with Crippen molar-refractivity contribution in [1.82, 2.24) is 30.1 Å². The number of carbonyl (C=O) groups is 1. The monoisotopic (exact) mass is 474 g/mol. The number of aryl methyl sites for hydroxylation is 2. The third-order valence-electron chi connectivity index (χ3n) is 4.84. The molecule has 4 aromatic heterocycles. The van der Waals surface area contributed by atoms with E-state index in [1.54, 1.807) is 70.7 Å². The Bertz CT molecular complexity index is 1330. The molecule has 0 atom stereocenters. The van der Waals surface area contributed by atoms with Crippen LogP contribution in [0.3, 0.4) is 0 Å². The van der Waals surface area contributed by atoms with Crippen LogP contribution in [0.2, 0.25) is 0 Å². The van der Waals surface area contributed by atoms with Gasteiger partial charge >= 0.3 is 6.09 Å². The van der Waals surface area contributed by atoms with Crippen molar-refractivity contribution >= 4 is 17.7 Å². The second-order valence-electron chi connectivity index (χ2n) is 8.74. The molecule has 4 aromatic rings. The van der Waals surface area contributed by atoms with Gasteiger partial charge in [0.2, 0.25) is 5.95 Å². The zero-order valence-corrected chi connectivity index (χ0v) is 20.2. The molecule has 0 aliphatic heterocycles. The third kappa shape index (κ3) is 5.94. The maximum absolute atomic E-state index is 12.1. The highest BCUT2D eigenvalue weighted by molar-refractivity contribution is 5.85. The van der Waals surface area contributed by atoms with Crippen LogP contribution in [0.4, 0.5) is 16.4 Å². The van der Waals surface area contributed by atoms with Gasteiger partial charge in [0.1, 0.15) is 17.0 Å². The van der Waals surface area contributed by atoms with Crippen LogP contribution in [0, 0.1) is 13.8 Å². The Morgan fingerprint density at radius 1 is 0.971 bits per heavy atom. The van der Waals surface area contributed by atoms with Crippen LogP contribution in [0.15, 0.2) is 47.5 Å². The molecule has 0 aromatic carbocycles. The van der Waals surface area contributed by atoms with E-state index >= 15 is 0 Å². The zero-order valence-electron chi connectivity index (χ0n) is 20.2. The number of hydrogen-bond donors (Lipinski definition) is 2. The van der Waals surface area contributed by atoms with Crippen LogP contribution in [-0.4, -0.2) is 41.8 Å². The van der Waals surface area contributed by atoms with Crippen LogP contribution in [-0.2, 0) is 11.3 Å². The Balaban J connectivity index is 1.50. The fourth-order valence-corrected chi connectivity index (χ4v) is 3.22. The SMILES string of the molecule is Cc1nc(-c2onc(C)c2CNc2nccc(-c3cnccn3)n2)ccc1NC(=O)OC(C)(C)C. The lowest BCUT2D eigenvalue weighted by Gasteiger charge is -2.20. The molecule has 180 valence electrons. The largest absolute Gasteiger partial charge is 0.444 e. The molecule has 35 heavy (non-hydrogen) atoms. The second-order valence-corrected chi connectivity index (χ2v) is 8.74. The van der Waals surface area contributed by atoms with E-state index in [-0.39, 0.29) is 0 Å². The van der Waals surface area contributed by atoms with Crippen LogP contribution in [0.5, 0.6) is 0 Å². The molecule has 1 amide bonds. The Hall–Kier alpha value is -4.41. The van der Waals surface area contributed by atoms with Crippen molar-refractivity contribution in [3.8, 4) is 22.8 Å². The van der Waals surface area contributed by atoms with Gasteiger partial charge in [-0.05, 0) is 52.8 Å². The highest BCUT2D eigenvalue weighted by Crippen LogP contribution is 2.28. The van der Waals surface area contributed by atoms with E-state index in [4.69, 9.17) is 9.26 Å².